The van der Waals surface area contributed by atoms with E-state index in [4.69, 9.17) is 10.5 Å². The van der Waals surface area contributed by atoms with Gasteiger partial charge in [0.1, 0.15) is 0 Å². The molecule has 5 nitrogen and oxygen atoms in total. The number of hydrogen-bond donors (Lipinski definition) is 2. The van der Waals surface area contributed by atoms with Gasteiger partial charge in [-0.2, -0.15) is 0 Å². The van der Waals surface area contributed by atoms with Crippen molar-refractivity contribution in [3.63, 3.8) is 0 Å². The molecule has 19 heavy (non-hydrogen) atoms. The molecule has 1 amide bonds. The molecule has 0 aliphatic rings. The van der Waals surface area contributed by atoms with Gasteiger partial charge < -0.3 is 15.8 Å². The van der Waals surface area contributed by atoms with Crippen LogP contribution in [0.1, 0.15) is 29.3 Å². The number of ether oxygens (including phenoxy) is 1. The van der Waals surface area contributed by atoms with E-state index in [0.29, 0.717) is 17.7 Å². The molecular formula is C14H19N3O2. The first-order valence-corrected chi connectivity index (χ1v) is 6.15. The molecule has 0 aliphatic carbocycles. The maximum Gasteiger partial charge on any atom is 0.253 e. The fourth-order valence-corrected chi connectivity index (χ4v) is 1.52. The zero-order valence-electron chi connectivity index (χ0n) is 11.3. The van der Waals surface area contributed by atoms with Crippen LogP contribution in [0.25, 0.3) is 0 Å². The second-order valence-corrected chi connectivity index (χ2v) is 4.00. The van der Waals surface area contributed by atoms with Gasteiger partial charge in [0.25, 0.3) is 5.91 Å². The minimum absolute atomic E-state index is 0.00344. The van der Waals surface area contributed by atoms with Crippen molar-refractivity contribution >= 4 is 5.91 Å². The van der Waals surface area contributed by atoms with Crippen LogP contribution in [0, 0.1) is 11.8 Å². The fraction of sp³-hybridized carbons (Fsp3) is 0.429. The van der Waals surface area contributed by atoms with Crippen molar-refractivity contribution in [1.82, 2.24) is 10.3 Å². The van der Waals surface area contributed by atoms with Gasteiger partial charge in [0.2, 0.25) is 0 Å². The smallest absolute Gasteiger partial charge is 0.253 e. The van der Waals surface area contributed by atoms with E-state index in [0.717, 1.165) is 6.42 Å². The van der Waals surface area contributed by atoms with Crippen molar-refractivity contribution in [1.29, 1.82) is 0 Å². The summed E-state index contributed by atoms with van der Waals surface area (Å²) in [4.78, 5) is 16.0. The van der Waals surface area contributed by atoms with Crippen molar-refractivity contribution in [2.75, 3.05) is 20.3 Å². The molecule has 0 saturated carbocycles. The minimum atomic E-state index is -0.173. The number of pyridine rings is 1. The molecule has 5 heteroatoms. The Kier molecular flexibility index (Phi) is 6.58. The first-order valence-electron chi connectivity index (χ1n) is 6.15. The zero-order chi connectivity index (χ0) is 14.1. The Bertz CT molecular complexity index is 477. The van der Waals surface area contributed by atoms with Crippen LogP contribution in [-0.2, 0) is 4.74 Å². The number of amides is 1. The molecule has 1 aromatic heterocycles. The molecule has 0 aromatic carbocycles. The van der Waals surface area contributed by atoms with Gasteiger partial charge in [0.05, 0.1) is 24.8 Å². The molecule has 1 unspecified atom stereocenters. The Morgan fingerprint density at radius 1 is 1.58 bits per heavy atom. The molecule has 0 aliphatic heterocycles. The molecule has 0 spiro atoms. The summed E-state index contributed by atoms with van der Waals surface area (Å²) in [5, 5.41) is 2.89. The van der Waals surface area contributed by atoms with Crippen LogP contribution >= 0.6 is 0 Å². The Labute approximate surface area is 113 Å². The minimum Gasteiger partial charge on any atom is -0.383 e. The number of methoxy groups -OCH3 is 1. The fourth-order valence-electron chi connectivity index (χ4n) is 1.52. The number of hydrogen-bond acceptors (Lipinski definition) is 4. The van der Waals surface area contributed by atoms with Gasteiger partial charge in [-0.05, 0) is 12.5 Å². The quantitative estimate of drug-likeness (QED) is 0.759. The monoisotopic (exact) mass is 261 g/mol. The predicted octanol–water partition coefficient (Wildman–Crippen LogP) is 0.547. The van der Waals surface area contributed by atoms with Crippen LogP contribution in [0.2, 0.25) is 0 Å². The highest BCUT2D eigenvalue weighted by Gasteiger charge is 2.12. The number of carbonyl (C=O) groups excluding carboxylic acids is 1. The van der Waals surface area contributed by atoms with Gasteiger partial charge in [-0.1, -0.05) is 18.8 Å². The Balaban J connectivity index is 2.76. The van der Waals surface area contributed by atoms with E-state index in [2.05, 4.69) is 22.1 Å². The number of aromatic nitrogens is 1. The summed E-state index contributed by atoms with van der Waals surface area (Å²) < 4.78 is 5.04. The summed E-state index contributed by atoms with van der Waals surface area (Å²) in [6.07, 6.45) is 3.92. The number of nitrogens with one attached hydrogen (secondary N) is 1. The van der Waals surface area contributed by atoms with Crippen molar-refractivity contribution < 1.29 is 9.53 Å². The average molecular weight is 261 g/mol. The topological polar surface area (TPSA) is 77.2 Å². The van der Waals surface area contributed by atoms with E-state index < -0.39 is 0 Å². The molecule has 0 fully saturated rings. The van der Waals surface area contributed by atoms with Gasteiger partial charge in [-0.25, -0.2) is 0 Å². The second kappa shape index (κ2) is 8.25. The molecule has 1 aromatic rings. The average Bonchev–Trinajstić information content (AvgIpc) is 2.44. The molecule has 1 rings (SSSR count). The SMILES string of the molecule is CCC(COC)NC(=O)c1cncc(C#CCN)c1. The third-order valence-electron chi connectivity index (χ3n) is 2.53. The van der Waals surface area contributed by atoms with Gasteiger partial charge in [-0.3, -0.25) is 9.78 Å². The molecule has 0 radical (unpaired) electrons. The van der Waals surface area contributed by atoms with E-state index in [-0.39, 0.29) is 18.5 Å². The summed E-state index contributed by atoms with van der Waals surface area (Å²) in [7, 11) is 1.61. The van der Waals surface area contributed by atoms with Gasteiger partial charge in [0, 0.05) is 25.1 Å². The predicted molar refractivity (Wildman–Crippen MR) is 73.6 cm³/mol. The lowest BCUT2D eigenvalue weighted by atomic mass is 10.1. The number of rotatable bonds is 5. The third-order valence-corrected chi connectivity index (χ3v) is 2.53. The lowest BCUT2D eigenvalue weighted by molar-refractivity contribution is 0.0894. The number of nitrogens with zero attached hydrogens (tertiary/aromatic N) is 1. The number of carbonyl (C=O) groups is 1. The Morgan fingerprint density at radius 3 is 3.00 bits per heavy atom. The van der Waals surface area contributed by atoms with Crippen LogP contribution in [0.4, 0.5) is 0 Å². The number of nitrogens with two attached hydrogens (primary N) is 1. The van der Waals surface area contributed by atoms with Crippen molar-refractivity contribution in [2.24, 2.45) is 5.73 Å². The van der Waals surface area contributed by atoms with Crippen LogP contribution < -0.4 is 11.1 Å². The highest BCUT2D eigenvalue weighted by Crippen LogP contribution is 2.03. The lowest BCUT2D eigenvalue weighted by Crippen LogP contribution is -2.37. The molecule has 3 N–H and O–H groups in total. The summed E-state index contributed by atoms with van der Waals surface area (Å²) in [5.41, 5.74) is 6.47. The Morgan fingerprint density at radius 2 is 2.37 bits per heavy atom. The summed E-state index contributed by atoms with van der Waals surface area (Å²) >= 11 is 0. The molecule has 1 atom stereocenters. The van der Waals surface area contributed by atoms with Gasteiger partial charge in [-0.15, -0.1) is 0 Å². The van der Waals surface area contributed by atoms with E-state index in [1.807, 2.05) is 6.92 Å². The van der Waals surface area contributed by atoms with E-state index in [1.165, 1.54) is 6.20 Å². The molecule has 0 saturated heterocycles. The highest BCUT2D eigenvalue weighted by molar-refractivity contribution is 5.94. The second-order valence-electron chi connectivity index (χ2n) is 4.00. The van der Waals surface area contributed by atoms with Crippen LogP contribution in [0.3, 0.4) is 0 Å². The maximum absolute atomic E-state index is 12.0. The Hall–Kier alpha value is -1.90. The van der Waals surface area contributed by atoms with Crippen LogP contribution in [0.5, 0.6) is 0 Å². The van der Waals surface area contributed by atoms with Gasteiger partial charge >= 0.3 is 0 Å². The van der Waals surface area contributed by atoms with Crippen molar-refractivity contribution in [3.8, 4) is 11.8 Å². The normalized spacial score (nSPS) is 11.3. The standard InChI is InChI=1S/C14H19N3O2/c1-3-13(10-19-2)17-14(18)12-7-11(5-4-6-15)8-16-9-12/h7-9,13H,3,6,10,15H2,1-2H3,(H,17,18). The molecule has 102 valence electrons. The van der Waals surface area contributed by atoms with E-state index in [1.54, 1.807) is 19.4 Å². The zero-order valence-corrected chi connectivity index (χ0v) is 11.3. The van der Waals surface area contributed by atoms with Crippen molar-refractivity contribution in [2.45, 2.75) is 19.4 Å². The molecular weight excluding hydrogens is 242 g/mol. The van der Waals surface area contributed by atoms with Crippen LogP contribution in [-0.4, -0.2) is 37.2 Å². The first-order chi connectivity index (χ1) is 9.21. The third kappa shape index (κ3) is 5.08. The summed E-state index contributed by atoms with van der Waals surface area (Å²) in [6, 6.07) is 1.70. The highest BCUT2D eigenvalue weighted by atomic mass is 16.5. The van der Waals surface area contributed by atoms with Crippen molar-refractivity contribution in [3.05, 3.63) is 29.6 Å². The lowest BCUT2D eigenvalue weighted by Gasteiger charge is -2.15. The van der Waals surface area contributed by atoms with E-state index in [9.17, 15) is 4.79 Å². The molecule has 1 heterocycles. The van der Waals surface area contributed by atoms with E-state index >= 15 is 0 Å². The first kappa shape index (κ1) is 15.2. The van der Waals surface area contributed by atoms with Gasteiger partial charge in [0.15, 0.2) is 0 Å². The van der Waals surface area contributed by atoms with Crippen LogP contribution in [0.15, 0.2) is 18.5 Å². The molecule has 0 bridgehead atoms. The maximum atomic E-state index is 12.0. The summed E-state index contributed by atoms with van der Waals surface area (Å²) in [5.74, 6) is 5.41. The largest absolute Gasteiger partial charge is 0.383 e. The summed E-state index contributed by atoms with van der Waals surface area (Å²) in [6.45, 7) is 2.76.